The van der Waals surface area contributed by atoms with Crippen LogP contribution in [0.2, 0.25) is 5.02 Å². The maximum absolute atomic E-state index is 11.9. The van der Waals surface area contributed by atoms with Gasteiger partial charge in [0.1, 0.15) is 5.75 Å². The Morgan fingerprint density at radius 3 is 2.42 bits per heavy atom. The second kappa shape index (κ2) is 9.25. The Bertz CT molecular complexity index is 772. The van der Waals surface area contributed by atoms with Crippen LogP contribution in [0.1, 0.15) is 30.9 Å². The Hall–Kier alpha value is -2.53. The lowest BCUT2D eigenvalue weighted by molar-refractivity contribution is -0.149. The van der Waals surface area contributed by atoms with E-state index in [0.29, 0.717) is 22.4 Å². The van der Waals surface area contributed by atoms with E-state index in [-0.39, 0.29) is 13.2 Å². The first kappa shape index (κ1) is 19.8. The molecule has 5 nitrogen and oxygen atoms in total. The Balaban J connectivity index is 1.76. The summed E-state index contributed by atoms with van der Waals surface area (Å²) in [6.07, 6.45) is 0. The summed E-state index contributed by atoms with van der Waals surface area (Å²) in [6, 6.07) is 12.7. The fraction of sp³-hybridized carbons (Fsp3) is 0.300. The molecule has 1 amide bonds. The molecule has 1 N–H and O–H groups in total. The van der Waals surface area contributed by atoms with Crippen molar-refractivity contribution in [3.8, 4) is 5.75 Å². The first-order valence-electron chi connectivity index (χ1n) is 8.30. The van der Waals surface area contributed by atoms with Crippen molar-refractivity contribution < 1.29 is 19.1 Å². The normalized spacial score (nSPS) is 10.5. The molecule has 26 heavy (non-hydrogen) atoms. The molecule has 0 unspecified atom stereocenters. The fourth-order valence-corrected chi connectivity index (χ4v) is 2.38. The molecule has 0 aromatic heterocycles. The quantitative estimate of drug-likeness (QED) is 0.731. The molecule has 0 aliphatic heterocycles. The van der Waals surface area contributed by atoms with E-state index < -0.39 is 11.9 Å². The van der Waals surface area contributed by atoms with E-state index in [1.54, 1.807) is 37.3 Å². The molecule has 0 bridgehead atoms. The van der Waals surface area contributed by atoms with Gasteiger partial charge >= 0.3 is 5.97 Å². The molecule has 2 aromatic rings. The predicted octanol–water partition coefficient (Wildman–Crippen LogP) is 4.33. The van der Waals surface area contributed by atoms with Gasteiger partial charge in [-0.05, 0) is 48.2 Å². The number of hydrogen-bond donors (Lipinski definition) is 1. The largest absolute Gasteiger partial charge is 0.482 e. The Morgan fingerprint density at radius 1 is 1.08 bits per heavy atom. The van der Waals surface area contributed by atoms with Gasteiger partial charge in [0.15, 0.2) is 13.2 Å². The lowest BCUT2D eigenvalue weighted by atomic mass is 10.0. The minimum Gasteiger partial charge on any atom is -0.482 e. The average Bonchev–Trinajstić information content (AvgIpc) is 2.62. The lowest BCUT2D eigenvalue weighted by Gasteiger charge is -2.11. The van der Waals surface area contributed by atoms with Gasteiger partial charge in [0.2, 0.25) is 0 Å². The van der Waals surface area contributed by atoms with Gasteiger partial charge in [-0.25, -0.2) is 4.79 Å². The SMILES string of the molecule is Cc1c(Cl)cccc1NC(=O)COC(=O)COc1ccc(C(C)C)cc1. The number of rotatable bonds is 7. The van der Waals surface area contributed by atoms with E-state index in [4.69, 9.17) is 21.1 Å². The van der Waals surface area contributed by atoms with E-state index in [1.807, 2.05) is 12.1 Å². The molecule has 6 heteroatoms. The molecule has 0 saturated carbocycles. The molecule has 0 atom stereocenters. The number of anilines is 1. The highest BCUT2D eigenvalue weighted by molar-refractivity contribution is 6.31. The Morgan fingerprint density at radius 2 is 1.77 bits per heavy atom. The van der Waals surface area contributed by atoms with Crippen LogP contribution in [0.4, 0.5) is 5.69 Å². The van der Waals surface area contributed by atoms with Crippen LogP contribution in [0.25, 0.3) is 0 Å². The number of benzene rings is 2. The van der Waals surface area contributed by atoms with Crippen molar-refractivity contribution >= 4 is 29.2 Å². The predicted molar refractivity (Wildman–Crippen MR) is 102 cm³/mol. The average molecular weight is 376 g/mol. The maximum atomic E-state index is 11.9. The van der Waals surface area contributed by atoms with Crippen molar-refractivity contribution in [2.24, 2.45) is 0 Å². The number of hydrogen-bond acceptors (Lipinski definition) is 4. The van der Waals surface area contributed by atoms with Crippen LogP contribution in [0.3, 0.4) is 0 Å². The van der Waals surface area contributed by atoms with Crippen LogP contribution in [0.15, 0.2) is 42.5 Å². The zero-order chi connectivity index (χ0) is 19.1. The summed E-state index contributed by atoms with van der Waals surface area (Å²) in [5.41, 5.74) is 2.52. The fourth-order valence-electron chi connectivity index (χ4n) is 2.21. The summed E-state index contributed by atoms with van der Waals surface area (Å²) < 4.78 is 10.3. The van der Waals surface area contributed by atoms with Gasteiger partial charge in [-0.15, -0.1) is 0 Å². The Kier molecular flexibility index (Phi) is 7.04. The standard InChI is InChI=1S/C20H22ClNO4/c1-13(2)15-7-9-16(10-8-15)25-12-20(24)26-11-19(23)22-18-6-4-5-17(21)14(18)3/h4-10,13H,11-12H2,1-3H3,(H,22,23). The van der Waals surface area contributed by atoms with Crippen LogP contribution >= 0.6 is 11.6 Å². The third kappa shape index (κ3) is 5.77. The van der Waals surface area contributed by atoms with Crippen LogP contribution in [-0.2, 0) is 14.3 Å². The molecule has 2 rings (SSSR count). The van der Waals surface area contributed by atoms with Gasteiger partial charge in [0.05, 0.1) is 0 Å². The molecule has 0 spiro atoms. The first-order valence-corrected chi connectivity index (χ1v) is 8.68. The summed E-state index contributed by atoms with van der Waals surface area (Å²) >= 11 is 6.00. The third-order valence-corrected chi connectivity index (χ3v) is 4.22. The van der Waals surface area contributed by atoms with Crippen molar-refractivity contribution in [1.82, 2.24) is 0 Å². The molecular weight excluding hydrogens is 354 g/mol. The number of amides is 1. The number of esters is 1. The summed E-state index contributed by atoms with van der Waals surface area (Å²) in [5.74, 6) is -0.0538. The maximum Gasteiger partial charge on any atom is 0.344 e. The van der Waals surface area contributed by atoms with Gasteiger partial charge in [0, 0.05) is 10.7 Å². The summed E-state index contributed by atoms with van der Waals surface area (Å²) in [6.45, 7) is 5.35. The van der Waals surface area contributed by atoms with Gasteiger partial charge in [-0.3, -0.25) is 4.79 Å². The van der Waals surface area contributed by atoms with E-state index >= 15 is 0 Å². The van der Waals surface area contributed by atoms with Crippen LogP contribution in [0, 0.1) is 6.92 Å². The molecule has 0 saturated heterocycles. The van der Waals surface area contributed by atoms with Crippen molar-refractivity contribution in [2.75, 3.05) is 18.5 Å². The van der Waals surface area contributed by atoms with E-state index in [9.17, 15) is 9.59 Å². The van der Waals surface area contributed by atoms with Crippen molar-refractivity contribution in [3.63, 3.8) is 0 Å². The summed E-state index contributed by atoms with van der Waals surface area (Å²) in [4.78, 5) is 23.6. The minimum atomic E-state index is -0.615. The smallest absolute Gasteiger partial charge is 0.344 e. The summed E-state index contributed by atoms with van der Waals surface area (Å²) in [7, 11) is 0. The second-order valence-electron chi connectivity index (χ2n) is 6.13. The van der Waals surface area contributed by atoms with E-state index in [1.165, 1.54) is 5.56 Å². The number of carbonyl (C=O) groups excluding carboxylic acids is 2. The van der Waals surface area contributed by atoms with Gasteiger partial charge in [-0.2, -0.15) is 0 Å². The number of halogens is 1. The molecular formula is C20H22ClNO4. The lowest BCUT2D eigenvalue weighted by Crippen LogP contribution is -2.24. The molecule has 0 aliphatic carbocycles. The topological polar surface area (TPSA) is 64.6 Å². The minimum absolute atomic E-state index is 0.259. The monoisotopic (exact) mass is 375 g/mol. The van der Waals surface area contributed by atoms with Crippen molar-refractivity contribution in [3.05, 3.63) is 58.6 Å². The third-order valence-electron chi connectivity index (χ3n) is 3.81. The molecule has 0 aliphatic rings. The van der Waals surface area contributed by atoms with Crippen molar-refractivity contribution in [1.29, 1.82) is 0 Å². The van der Waals surface area contributed by atoms with E-state index in [0.717, 1.165) is 5.56 Å². The highest BCUT2D eigenvalue weighted by Crippen LogP contribution is 2.22. The van der Waals surface area contributed by atoms with Crippen molar-refractivity contribution in [2.45, 2.75) is 26.7 Å². The van der Waals surface area contributed by atoms with Gasteiger partial charge in [-0.1, -0.05) is 43.6 Å². The molecule has 2 aromatic carbocycles. The molecule has 0 fully saturated rings. The highest BCUT2D eigenvalue weighted by Gasteiger charge is 2.11. The highest BCUT2D eigenvalue weighted by atomic mass is 35.5. The zero-order valence-corrected chi connectivity index (χ0v) is 15.8. The molecule has 0 heterocycles. The van der Waals surface area contributed by atoms with Gasteiger partial charge < -0.3 is 14.8 Å². The summed E-state index contributed by atoms with van der Waals surface area (Å²) in [5, 5.41) is 3.21. The number of nitrogens with one attached hydrogen (secondary N) is 1. The van der Waals surface area contributed by atoms with Crippen LogP contribution in [-0.4, -0.2) is 25.1 Å². The van der Waals surface area contributed by atoms with Gasteiger partial charge in [0.25, 0.3) is 5.91 Å². The van der Waals surface area contributed by atoms with Crippen LogP contribution in [0.5, 0.6) is 5.75 Å². The zero-order valence-electron chi connectivity index (χ0n) is 15.0. The first-order chi connectivity index (χ1) is 12.4. The molecule has 138 valence electrons. The number of ether oxygens (including phenoxy) is 2. The van der Waals surface area contributed by atoms with E-state index in [2.05, 4.69) is 19.2 Å². The molecule has 0 radical (unpaired) electrons. The Labute approximate surface area is 158 Å². The second-order valence-corrected chi connectivity index (χ2v) is 6.54. The number of carbonyl (C=O) groups is 2. The van der Waals surface area contributed by atoms with Crippen LogP contribution < -0.4 is 10.1 Å².